The molecule has 0 unspecified atom stereocenters. The molecule has 120 valence electrons. The van der Waals surface area contributed by atoms with Gasteiger partial charge in [-0.3, -0.25) is 0 Å². The summed E-state index contributed by atoms with van der Waals surface area (Å²) < 4.78 is 26.9. The molecule has 1 aliphatic carbocycles. The third-order valence-corrected chi connectivity index (χ3v) is 5.86. The third kappa shape index (κ3) is 4.75. The molecule has 5 heteroatoms. The van der Waals surface area contributed by atoms with Crippen LogP contribution in [-0.4, -0.2) is 34.3 Å². The summed E-state index contributed by atoms with van der Waals surface area (Å²) in [7, 11) is 0.759. The Morgan fingerprint density at radius 3 is 2.36 bits per heavy atom. The normalized spacial score (nSPS) is 15.9. The van der Waals surface area contributed by atoms with E-state index in [0.29, 0.717) is 0 Å². The maximum atomic E-state index is 12.1. The fraction of sp³-hybridized carbons (Fsp3) is 0.529. The Morgan fingerprint density at radius 2 is 1.77 bits per heavy atom. The average Bonchev–Trinajstić information content (AvgIpc) is 2.53. The quantitative estimate of drug-likeness (QED) is 0.867. The second-order valence-electron chi connectivity index (χ2n) is 5.87. The van der Waals surface area contributed by atoms with Crippen molar-refractivity contribution in [2.24, 2.45) is 0 Å². The lowest BCUT2D eigenvalue weighted by Gasteiger charge is -2.21. The molecule has 2 rings (SSSR count). The molecule has 0 amide bonds. The summed E-state index contributed by atoms with van der Waals surface area (Å²) in [6.45, 7) is 0.175. The van der Waals surface area contributed by atoms with Crippen LogP contribution in [-0.2, 0) is 10.0 Å². The molecule has 0 bridgehead atoms. The first kappa shape index (κ1) is 16.9. The molecule has 22 heavy (non-hydrogen) atoms. The van der Waals surface area contributed by atoms with Crippen molar-refractivity contribution in [2.75, 3.05) is 25.5 Å². The van der Waals surface area contributed by atoms with Gasteiger partial charge in [-0.05, 0) is 37.1 Å². The summed E-state index contributed by atoms with van der Waals surface area (Å²) in [4.78, 5) is 2.02. The predicted molar refractivity (Wildman–Crippen MR) is 91.4 cm³/mol. The van der Waals surface area contributed by atoms with E-state index < -0.39 is 10.0 Å². The zero-order chi connectivity index (χ0) is 16.0. The Morgan fingerprint density at radius 1 is 1.14 bits per heavy atom. The van der Waals surface area contributed by atoms with E-state index in [-0.39, 0.29) is 11.8 Å². The van der Waals surface area contributed by atoms with E-state index in [4.69, 9.17) is 0 Å². The van der Waals surface area contributed by atoms with Crippen LogP contribution < -0.4 is 9.62 Å². The Kier molecular flexibility index (Phi) is 5.87. The molecular formula is C17H24N2O2S. The highest BCUT2D eigenvalue weighted by molar-refractivity contribution is 7.90. The first-order valence-corrected chi connectivity index (χ1v) is 9.28. The van der Waals surface area contributed by atoms with Crippen molar-refractivity contribution in [3.05, 3.63) is 29.8 Å². The lowest BCUT2D eigenvalue weighted by Crippen LogP contribution is -2.35. The SMILES string of the molecule is CN(C)c1ccc(C#CCNS(=O)(=O)C2CCCCC2)cc1. The van der Waals surface area contributed by atoms with E-state index in [1.807, 2.05) is 43.3 Å². The summed E-state index contributed by atoms with van der Waals surface area (Å²) >= 11 is 0. The van der Waals surface area contributed by atoms with Gasteiger partial charge in [0.2, 0.25) is 10.0 Å². The van der Waals surface area contributed by atoms with Crippen LogP contribution in [0.25, 0.3) is 0 Å². The Hall–Kier alpha value is -1.51. The van der Waals surface area contributed by atoms with Crippen LogP contribution in [0.3, 0.4) is 0 Å². The number of rotatable bonds is 4. The second kappa shape index (κ2) is 7.66. The van der Waals surface area contributed by atoms with Crippen molar-refractivity contribution < 1.29 is 8.42 Å². The van der Waals surface area contributed by atoms with Gasteiger partial charge in [-0.25, -0.2) is 13.1 Å². The monoisotopic (exact) mass is 320 g/mol. The van der Waals surface area contributed by atoms with E-state index >= 15 is 0 Å². The van der Waals surface area contributed by atoms with Gasteiger partial charge in [0, 0.05) is 25.3 Å². The van der Waals surface area contributed by atoms with Gasteiger partial charge >= 0.3 is 0 Å². The van der Waals surface area contributed by atoms with Gasteiger partial charge in [-0.1, -0.05) is 31.1 Å². The molecule has 4 nitrogen and oxygen atoms in total. The highest BCUT2D eigenvalue weighted by Crippen LogP contribution is 2.22. The van der Waals surface area contributed by atoms with Gasteiger partial charge in [0.05, 0.1) is 11.8 Å². The summed E-state index contributed by atoms with van der Waals surface area (Å²) in [5, 5.41) is -0.234. The van der Waals surface area contributed by atoms with E-state index in [2.05, 4.69) is 16.6 Å². The zero-order valence-electron chi connectivity index (χ0n) is 13.3. The number of sulfonamides is 1. The molecular weight excluding hydrogens is 296 g/mol. The molecule has 0 spiro atoms. The molecule has 0 heterocycles. The minimum atomic E-state index is -3.21. The van der Waals surface area contributed by atoms with Crippen molar-refractivity contribution in [2.45, 2.75) is 37.4 Å². The van der Waals surface area contributed by atoms with Crippen LogP contribution in [0.2, 0.25) is 0 Å². The molecule has 0 saturated heterocycles. The molecule has 1 saturated carbocycles. The second-order valence-corrected chi connectivity index (χ2v) is 7.91. The summed E-state index contributed by atoms with van der Waals surface area (Å²) in [5.41, 5.74) is 2.01. The topological polar surface area (TPSA) is 49.4 Å². The van der Waals surface area contributed by atoms with Gasteiger partial charge in [-0.15, -0.1) is 0 Å². The Bertz CT molecular complexity index is 633. The average molecular weight is 320 g/mol. The molecule has 0 aliphatic heterocycles. The van der Waals surface area contributed by atoms with E-state index in [1.165, 1.54) is 0 Å². The highest BCUT2D eigenvalue weighted by Gasteiger charge is 2.26. The van der Waals surface area contributed by atoms with Gasteiger partial charge < -0.3 is 4.90 Å². The highest BCUT2D eigenvalue weighted by atomic mass is 32.2. The van der Waals surface area contributed by atoms with Gasteiger partial charge in [0.15, 0.2) is 0 Å². The zero-order valence-corrected chi connectivity index (χ0v) is 14.1. The number of nitrogens with one attached hydrogen (secondary N) is 1. The Labute approximate surface area is 134 Å². The van der Waals surface area contributed by atoms with Crippen molar-refractivity contribution in [1.29, 1.82) is 0 Å². The van der Waals surface area contributed by atoms with E-state index in [0.717, 1.165) is 43.4 Å². The number of nitrogens with zero attached hydrogens (tertiary/aromatic N) is 1. The maximum Gasteiger partial charge on any atom is 0.215 e. The first-order chi connectivity index (χ1) is 10.5. The maximum absolute atomic E-state index is 12.1. The largest absolute Gasteiger partial charge is 0.378 e. The summed E-state index contributed by atoms with van der Waals surface area (Å²) in [6, 6.07) is 7.88. The summed E-state index contributed by atoms with van der Waals surface area (Å²) in [5.74, 6) is 5.88. The number of benzene rings is 1. The van der Waals surface area contributed by atoms with Gasteiger partial charge in [0.1, 0.15) is 0 Å². The smallest absolute Gasteiger partial charge is 0.215 e. The van der Waals surface area contributed by atoms with Crippen molar-refractivity contribution in [3.8, 4) is 11.8 Å². The standard InChI is InChI=1S/C17H24N2O2S/c1-19(2)16-12-10-15(11-13-16)7-6-14-18-22(20,21)17-8-4-3-5-9-17/h10-13,17-18H,3-5,8-9,14H2,1-2H3. The molecule has 1 N–H and O–H groups in total. The van der Waals surface area contributed by atoms with Crippen molar-refractivity contribution >= 4 is 15.7 Å². The molecule has 0 aromatic heterocycles. The molecule has 0 radical (unpaired) electrons. The third-order valence-electron chi connectivity index (χ3n) is 3.97. The fourth-order valence-electron chi connectivity index (χ4n) is 2.62. The first-order valence-electron chi connectivity index (χ1n) is 7.74. The molecule has 1 fully saturated rings. The van der Waals surface area contributed by atoms with Crippen LogP contribution in [0, 0.1) is 11.8 Å². The van der Waals surface area contributed by atoms with Crippen LogP contribution in [0.5, 0.6) is 0 Å². The number of hydrogen-bond donors (Lipinski definition) is 1. The fourth-order valence-corrected chi connectivity index (χ4v) is 4.08. The van der Waals surface area contributed by atoms with Crippen LogP contribution >= 0.6 is 0 Å². The van der Waals surface area contributed by atoms with Crippen LogP contribution in [0.4, 0.5) is 5.69 Å². The molecule has 1 aromatic carbocycles. The van der Waals surface area contributed by atoms with Crippen molar-refractivity contribution in [3.63, 3.8) is 0 Å². The predicted octanol–water partition coefficient (Wildman–Crippen LogP) is 2.36. The van der Waals surface area contributed by atoms with E-state index in [9.17, 15) is 8.42 Å². The van der Waals surface area contributed by atoms with Gasteiger partial charge in [-0.2, -0.15) is 0 Å². The molecule has 1 aromatic rings. The number of hydrogen-bond acceptors (Lipinski definition) is 3. The lowest BCUT2D eigenvalue weighted by atomic mass is 10.0. The molecule has 0 atom stereocenters. The minimum absolute atomic E-state index is 0.175. The lowest BCUT2D eigenvalue weighted by molar-refractivity contribution is 0.479. The van der Waals surface area contributed by atoms with E-state index in [1.54, 1.807) is 0 Å². The minimum Gasteiger partial charge on any atom is -0.378 e. The molecule has 1 aliphatic rings. The Balaban J connectivity index is 1.88. The van der Waals surface area contributed by atoms with Crippen molar-refractivity contribution in [1.82, 2.24) is 4.72 Å². The van der Waals surface area contributed by atoms with Crippen LogP contribution in [0.1, 0.15) is 37.7 Å². The summed E-state index contributed by atoms with van der Waals surface area (Å²) in [6.07, 6.45) is 4.71. The van der Waals surface area contributed by atoms with Gasteiger partial charge in [0.25, 0.3) is 0 Å². The van der Waals surface area contributed by atoms with Crippen LogP contribution in [0.15, 0.2) is 24.3 Å². The number of anilines is 1.